The number of rotatable bonds is 3. The Morgan fingerprint density at radius 2 is 1.39 bits per heavy atom. The lowest BCUT2D eigenvalue weighted by Crippen LogP contribution is -2.33. The molecule has 2 aliphatic rings. The van der Waals surface area contributed by atoms with E-state index in [0.29, 0.717) is 12.1 Å². The fourth-order valence-corrected chi connectivity index (χ4v) is 5.02. The Morgan fingerprint density at radius 1 is 0.786 bits per heavy atom. The molecule has 3 nitrogen and oxygen atoms in total. The van der Waals surface area contributed by atoms with Gasteiger partial charge in [-0.1, -0.05) is 72.8 Å². The number of benzene rings is 3. The molecule has 1 saturated carbocycles. The second-order valence-corrected chi connectivity index (χ2v) is 7.95. The molecule has 0 aromatic heterocycles. The normalized spacial score (nSPS) is 22.7. The van der Waals surface area contributed by atoms with Gasteiger partial charge in [0.05, 0.1) is 11.1 Å². The maximum absolute atomic E-state index is 13.7. The molecule has 2 amide bonds. The van der Waals surface area contributed by atoms with Gasteiger partial charge in [0.15, 0.2) is 0 Å². The van der Waals surface area contributed by atoms with Crippen LogP contribution >= 0.6 is 0 Å². The van der Waals surface area contributed by atoms with Crippen molar-refractivity contribution in [2.45, 2.75) is 25.2 Å². The molecule has 138 valence electrons. The molecule has 28 heavy (non-hydrogen) atoms. The maximum atomic E-state index is 13.7. The molecule has 1 unspecified atom stereocenters. The Kier molecular flexibility index (Phi) is 3.57. The topological polar surface area (TPSA) is 37.4 Å². The molecule has 1 atom stereocenters. The summed E-state index contributed by atoms with van der Waals surface area (Å²) in [4.78, 5) is 28.1. The molecule has 2 fully saturated rings. The predicted octanol–water partition coefficient (Wildman–Crippen LogP) is 4.63. The third-order valence-corrected chi connectivity index (χ3v) is 6.37. The molecule has 3 heteroatoms. The van der Waals surface area contributed by atoms with Crippen LogP contribution in [0.5, 0.6) is 0 Å². The molecule has 0 N–H and O–H groups in total. The highest BCUT2D eigenvalue weighted by atomic mass is 16.2. The van der Waals surface area contributed by atoms with Gasteiger partial charge in [-0.2, -0.15) is 0 Å². The quantitative estimate of drug-likeness (QED) is 0.633. The number of hydrogen-bond donors (Lipinski definition) is 0. The van der Waals surface area contributed by atoms with Gasteiger partial charge in [-0.3, -0.25) is 14.5 Å². The number of carbonyl (C=O) groups excluding carboxylic acids is 2. The van der Waals surface area contributed by atoms with Gasteiger partial charge in [-0.15, -0.1) is 0 Å². The minimum atomic E-state index is -0.698. The lowest BCUT2D eigenvalue weighted by Gasteiger charge is -2.23. The summed E-state index contributed by atoms with van der Waals surface area (Å²) in [5, 5.41) is 0. The second-order valence-electron chi connectivity index (χ2n) is 7.95. The van der Waals surface area contributed by atoms with Crippen LogP contribution in [0.25, 0.3) is 0 Å². The standard InChI is InChI=1S/C25H21NO2/c1-18-9-8-14-21(15-18)26-22(27)16-24(23(26)28)17-25(24,19-10-4-2-5-11-19)20-12-6-3-7-13-20/h2-15H,16-17H2,1H3. The summed E-state index contributed by atoms with van der Waals surface area (Å²) in [5.74, 6) is -0.180. The molecule has 3 aromatic carbocycles. The Labute approximate surface area is 164 Å². The lowest BCUT2D eigenvalue weighted by atomic mass is 9.79. The Hall–Kier alpha value is -3.20. The van der Waals surface area contributed by atoms with Crippen LogP contribution in [0.2, 0.25) is 0 Å². The molecular formula is C25H21NO2. The molecule has 0 radical (unpaired) electrons. The lowest BCUT2D eigenvalue weighted by molar-refractivity contribution is -0.123. The monoisotopic (exact) mass is 367 g/mol. The van der Waals surface area contributed by atoms with Crippen molar-refractivity contribution in [3.8, 4) is 0 Å². The van der Waals surface area contributed by atoms with Crippen LogP contribution in [0.1, 0.15) is 29.5 Å². The fourth-order valence-electron chi connectivity index (χ4n) is 5.02. The van der Waals surface area contributed by atoms with Gasteiger partial charge >= 0.3 is 0 Å². The van der Waals surface area contributed by atoms with Gasteiger partial charge in [0.2, 0.25) is 11.8 Å². The van der Waals surface area contributed by atoms with Crippen LogP contribution in [0.15, 0.2) is 84.9 Å². The average Bonchev–Trinajstić information content (AvgIpc) is 3.33. The summed E-state index contributed by atoms with van der Waals surface area (Å²) in [5.41, 5.74) is 2.78. The largest absolute Gasteiger partial charge is 0.274 e. The van der Waals surface area contributed by atoms with E-state index in [2.05, 4.69) is 24.3 Å². The number of imide groups is 1. The summed E-state index contributed by atoms with van der Waals surface area (Å²) >= 11 is 0. The van der Waals surface area contributed by atoms with E-state index >= 15 is 0 Å². The van der Waals surface area contributed by atoms with E-state index in [1.54, 1.807) is 0 Å². The number of anilines is 1. The molecule has 1 heterocycles. The van der Waals surface area contributed by atoms with Crippen LogP contribution in [0.3, 0.4) is 0 Å². The van der Waals surface area contributed by atoms with Gasteiger partial charge in [0.1, 0.15) is 0 Å². The first kappa shape index (κ1) is 16.9. The molecule has 0 bridgehead atoms. The van der Waals surface area contributed by atoms with Crippen molar-refractivity contribution < 1.29 is 9.59 Å². The predicted molar refractivity (Wildman–Crippen MR) is 109 cm³/mol. The zero-order valence-corrected chi connectivity index (χ0v) is 15.8. The first-order chi connectivity index (χ1) is 13.6. The Bertz CT molecular complexity index is 1030. The third kappa shape index (κ3) is 2.16. The first-order valence-electron chi connectivity index (χ1n) is 9.64. The van der Waals surface area contributed by atoms with Gasteiger partial charge in [0, 0.05) is 11.8 Å². The highest BCUT2D eigenvalue weighted by Crippen LogP contribution is 2.72. The summed E-state index contributed by atoms with van der Waals surface area (Å²) in [6.45, 7) is 1.97. The van der Waals surface area contributed by atoms with E-state index in [0.717, 1.165) is 16.7 Å². The second kappa shape index (κ2) is 5.90. The molecule has 3 aromatic rings. The van der Waals surface area contributed by atoms with Crippen LogP contribution in [-0.2, 0) is 15.0 Å². The van der Waals surface area contributed by atoms with Crippen molar-refractivity contribution in [3.05, 3.63) is 102 Å². The molecule has 5 rings (SSSR count). The average molecular weight is 367 g/mol. The highest BCUT2D eigenvalue weighted by molar-refractivity contribution is 6.25. The molecule has 1 saturated heterocycles. The van der Waals surface area contributed by atoms with Crippen molar-refractivity contribution >= 4 is 17.5 Å². The van der Waals surface area contributed by atoms with E-state index in [9.17, 15) is 9.59 Å². The fraction of sp³-hybridized carbons (Fsp3) is 0.200. The summed E-state index contributed by atoms with van der Waals surface area (Å²) in [6, 6.07) is 27.9. The number of aryl methyl sites for hydroxylation is 1. The zero-order valence-electron chi connectivity index (χ0n) is 15.8. The van der Waals surface area contributed by atoms with Gasteiger partial charge in [-0.05, 0) is 42.2 Å². The van der Waals surface area contributed by atoms with Gasteiger partial charge in [-0.25, -0.2) is 0 Å². The first-order valence-corrected chi connectivity index (χ1v) is 9.64. The van der Waals surface area contributed by atoms with Crippen molar-refractivity contribution in [2.75, 3.05) is 4.90 Å². The van der Waals surface area contributed by atoms with E-state index in [1.165, 1.54) is 4.90 Å². The van der Waals surface area contributed by atoms with Crippen LogP contribution < -0.4 is 4.90 Å². The highest BCUT2D eigenvalue weighted by Gasteiger charge is 2.77. The number of hydrogen-bond acceptors (Lipinski definition) is 2. The van der Waals surface area contributed by atoms with Crippen LogP contribution in [-0.4, -0.2) is 11.8 Å². The van der Waals surface area contributed by atoms with Crippen LogP contribution in [0, 0.1) is 12.3 Å². The summed E-state index contributed by atoms with van der Waals surface area (Å²) in [6.07, 6.45) is 0.921. The maximum Gasteiger partial charge on any atom is 0.241 e. The van der Waals surface area contributed by atoms with Crippen molar-refractivity contribution in [1.82, 2.24) is 0 Å². The molecule has 1 spiro atoms. The van der Waals surface area contributed by atoms with Crippen molar-refractivity contribution in [3.63, 3.8) is 0 Å². The smallest absolute Gasteiger partial charge is 0.241 e. The van der Waals surface area contributed by atoms with E-state index in [-0.39, 0.29) is 18.2 Å². The van der Waals surface area contributed by atoms with E-state index in [4.69, 9.17) is 0 Å². The summed E-state index contributed by atoms with van der Waals surface area (Å²) in [7, 11) is 0. The van der Waals surface area contributed by atoms with Gasteiger partial charge in [0.25, 0.3) is 0 Å². The minimum Gasteiger partial charge on any atom is -0.274 e. The Morgan fingerprint density at radius 3 is 1.96 bits per heavy atom. The number of amides is 2. The third-order valence-electron chi connectivity index (χ3n) is 6.37. The molecule has 1 aliphatic heterocycles. The molecule has 1 aliphatic carbocycles. The van der Waals surface area contributed by atoms with Gasteiger partial charge < -0.3 is 0 Å². The van der Waals surface area contributed by atoms with E-state index < -0.39 is 10.8 Å². The van der Waals surface area contributed by atoms with Crippen molar-refractivity contribution in [2.24, 2.45) is 5.41 Å². The Balaban J connectivity index is 1.64. The SMILES string of the molecule is Cc1cccc(N2C(=O)CC3(CC3(c3ccccc3)c3ccccc3)C2=O)c1. The van der Waals surface area contributed by atoms with E-state index in [1.807, 2.05) is 67.6 Å². The van der Waals surface area contributed by atoms with Crippen molar-refractivity contribution in [1.29, 1.82) is 0 Å². The molecular weight excluding hydrogens is 346 g/mol. The van der Waals surface area contributed by atoms with Crippen LogP contribution in [0.4, 0.5) is 5.69 Å². The minimum absolute atomic E-state index is 0.0733. The zero-order chi connectivity index (χ0) is 19.4. The number of carbonyl (C=O) groups is 2. The number of nitrogens with zero attached hydrogens (tertiary/aromatic N) is 1. The summed E-state index contributed by atoms with van der Waals surface area (Å²) < 4.78 is 0.